The molecule has 0 N–H and O–H groups in total. The average molecular weight is 338 g/mol. The van der Waals surface area contributed by atoms with E-state index in [4.69, 9.17) is 0 Å². The zero-order valence-corrected chi connectivity index (χ0v) is 15.3. The molecular weight excluding hydrogens is 308 g/mol. The number of benzene rings is 1. The SMILES string of the molecule is O=C1CCCCCN1CCCN1CCC2(C=Cc3ccccc32)CC1. The van der Waals surface area contributed by atoms with Crippen molar-refractivity contribution < 1.29 is 4.79 Å². The first kappa shape index (κ1) is 16.8. The number of piperidine rings is 1. The molecule has 2 aliphatic heterocycles. The van der Waals surface area contributed by atoms with Crippen molar-refractivity contribution in [1.29, 1.82) is 0 Å². The van der Waals surface area contributed by atoms with Crippen molar-refractivity contribution in [3.8, 4) is 0 Å². The lowest BCUT2D eigenvalue weighted by atomic mass is 9.74. The predicted octanol–water partition coefficient (Wildman–Crippen LogP) is 3.84. The Morgan fingerprint density at radius 1 is 0.960 bits per heavy atom. The molecule has 2 heterocycles. The lowest BCUT2D eigenvalue weighted by Gasteiger charge is -2.39. The van der Waals surface area contributed by atoms with Crippen LogP contribution in [0.2, 0.25) is 0 Å². The first-order valence-corrected chi connectivity index (χ1v) is 10.1. The first-order chi connectivity index (χ1) is 12.3. The molecule has 4 rings (SSSR count). The number of hydrogen-bond acceptors (Lipinski definition) is 2. The van der Waals surface area contributed by atoms with Gasteiger partial charge >= 0.3 is 0 Å². The number of amides is 1. The Bertz CT molecular complexity index is 643. The summed E-state index contributed by atoms with van der Waals surface area (Å²) in [5, 5.41) is 0. The van der Waals surface area contributed by atoms with E-state index in [1.807, 2.05) is 0 Å². The summed E-state index contributed by atoms with van der Waals surface area (Å²) in [6.45, 7) is 5.40. The van der Waals surface area contributed by atoms with Gasteiger partial charge in [-0.2, -0.15) is 0 Å². The summed E-state index contributed by atoms with van der Waals surface area (Å²) in [5.74, 6) is 0.378. The van der Waals surface area contributed by atoms with E-state index in [1.54, 1.807) is 0 Å². The van der Waals surface area contributed by atoms with E-state index in [1.165, 1.54) is 49.9 Å². The molecule has 0 atom stereocenters. The Kier molecular flexibility index (Phi) is 4.93. The Morgan fingerprint density at radius 3 is 2.68 bits per heavy atom. The summed E-state index contributed by atoms with van der Waals surface area (Å²) in [6.07, 6.45) is 12.6. The second kappa shape index (κ2) is 7.33. The van der Waals surface area contributed by atoms with Gasteiger partial charge < -0.3 is 9.80 Å². The monoisotopic (exact) mass is 338 g/mol. The third-order valence-electron chi connectivity index (χ3n) is 6.40. The molecule has 3 heteroatoms. The molecule has 3 nitrogen and oxygen atoms in total. The number of hydrogen-bond donors (Lipinski definition) is 0. The molecule has 0 aromatic heterocycles. The predicted molar refractivity (Wildman–Crippen MR) is 102 cm³/mol. The van der Waals surface area contributed by atoms with E-state index in [9.17, 15) is 4.79 Å². The van der Waals surface area contributed by atoms with Crippen LogP contribution in [-0.2, 0) is 10.2 Å². The van der Waals surface area contributed by atoms with E-state index in [-0.39, 0.29) is 5.41 Å². The van der Waals surface area contributed by atoms with Gasteiger partial charge in [0, 0.05) is 24.9 Å². The van der Waals surface area contributed by atoms with Crippen LogP contribution in [0.15, 0.2) is 30.3 Å². The quantitative estimate of drug-likeness (QED) is 0.833. The van der Waals surface area contributed by atoms with E-state index in [0.29, 0.717) is 5.91 Å². The van der Waals surface area contributed by atoms with Gasteiger partial charge in [0.15, 0.2) is 0 Å². The van der Waals surface area contributed by atoms with E-state index >= 15 is 0 Å². The van der Waals surface area contributed by atoms with Gasteiger partial charge in [0.1, 0.15) is 0 Å². The zero-order chi connectivity index (χ0) is 17.1. The summed E-state index contributed by atoms with van der Waals surface area (Å²) < 4.78 is 0. The van der Waals surface area contributed by atoms with Crippen molar-refractivity contribution in [1.82, 2.24) is 9.80 Å². The van der Waals surface area contributed by atoms with Crippen LogP contribution in [0.3, 0.4) is 0 Å². The maximum absolute atomic E-state index is 12.1. The number of likely N-dealkylation sites (tertiary alicyclic amines) is 2. The van der Waals surface area contributed by atoms with E-state index in [0.717, 1.165) is 38.9 Å². The number of carbonyl (C=O) groups is 1. The van der Waals surface area contributed by atoms with Crippen LogP contribution in [0.4, 0.5) is 0 Å². The fourth-order valence-electron chi connectivity index (χ4n) is 4.81. The van der Waals surface area contributed by atoms with Crippen LogP contribution in [0, 0.1) is 0 Å². The van der Waals surface area contributed by atoms with Gasteiger partial charge in [0.05, 0.1) is 0 Å². The minimum absolute atomic E-state index is 0.286. The van der Waals surface area contributed by atoms with Crippen molar-refractivity contribution in [2.75, 3.05) is 32.7 Å². The summed E-state index contributed by atoms with van der Waals surface area (Å²) in [5.41, 5.74) is 3.23. The molecule has 2 fully saturated rings. The number of carbonyl (C=O) groups excluding carboxylic acids is 1. The number of fused-ring (bicyclic) bond motifs is 2. The second-order valence-electron chi connectivity index (χ2n) is 7.96. The summed E-state index contributed by atoms with van der Waals surface area (Å²) >= 11 is 0. The van der Waals surface area contributed by atoms with Crippen molar-refractivity contribution in [2.24, 2.45) is 0 Å². The molecule has 1 spiro atoms. The molecule has 2 saturated heterocycles. The molecule has 1 aromatic rings. The number of nitrogens with zero attached hydrogens (tertiary/aromatic N) is 2. The molecule has 25 heavy (non-hydrogen) atoms. The minimum Gasteiger partial charge on any atom is -0.343 e. The van der Waals surface area contributed by atoms with Crippen LogP contribution in [0.5, 0.6) is 0 Å². The van der Waals surface area contributed by atoms with Gasteiger partial charge in [0.2, 0.25) is 5.91 Å². The molecule has 1 aliphatic carbocycles. The van der Waals surface area contributed by atoms with Crippen molar-refractivity contribution in [3.63, 3.8) is 0 Å². The topological polar surface area (TPSA) is 23.6 Å². The smallest absolute Gasteiger partial charge is 0.222 e. The van der Waals surface area contributed by atoms with Crippen molar-refractivity contribution >= 4 is 12.0 Å². The Labute approximate surface area is 151 Å². The lowest BCUT2D eigenvalue weighted by Crippen LogP contribution is -2.42. The highest BCUT2D eigenvalue weighted by Crippen LogP contribution is 2.43. The third kappa shape index (κ3) is 3.52. The van der Waals surface area contributed by atoms with Crippen LogP contribution in [0.25, 0.3) is 6.08 Å². The number of rotatable bonds is 4. The molecule has 3 aliphatic rings. The van der Waals surface area contributed by atoms with Crippen LogP contribution in [0.1, 0.15) is 56.1 Å². The Balaban J connectivity index is 1.26. The van der Waals surface area contributed by atoms with Gasteiger partial charge in [0.25, 0.3) is 0 Å². The van der Waals surface area contributed by atoms with Gasteiger partial charge in [-0.1, -0.05) is 42.8 Å². The van der Waals surface area contributed by atoms with Crippen LogP contribution >= 0.6 is 0 Å². The highest BCUT2D eigenvalue weighted by atomic mass is 16.2. The van der Waals surface area contributed by atoms with Crippen LogP contribution in [-0.4, -0.2) is 48.4 Å². The largest absolute Gasteiger partial charge is 0.343 e. The Hall–Kier alpha value is -1.61. The first-order valence-electron chi connectivity index (χ1n) is 10.1. The van der Waals surface area contributed by atoms with Gasteiger partial charge in [-0.05, 0) is 62.9 Å². The Morgan fingerprint density at radius 2 is 1.80 bits per heavy atom. The van der Waals surface area contributed by atoms with Crippen molar-refractivity contribution in [2.45, 2.75) is 50.4 Å². The molecule has 0 radical (unpaired) electrons. The van der Waals surface area contributed by atoms with Gasteiger partial charge in [-0.25, -0.2) is 0 Å². The third-order valence-corrected chi connectivity index (χ3v) is 6.40. The maximum Gasteiger partial charge on any atom is 0.222 e. The fourth-order valence-corrected chi connectivity index (χ4v) is 4.81. The van der Waals surface area contributed by atoms with E-state index < -0.39 is 0 Å². The molecular formula is C22H30N2O. The van der Waals surface area contributed by atoms with Crippen LogP contribution < -0.4 is 0 Å². The lowest BCUT2D eigenvalue weighted by molar-refractivity contribution is -0.130. The fraction of sp³-hybridized carbons (Fsp3) is 0.591. The molecule has 0 unspecified atom stereocenters. The van der Waals surface area contributed by atoms with E-state index in [2.05, 4.69) is 46.2 Å². The average Bonchev–Trinajstić information content (AvgIpc) is 2.86. The summed E-state index contributed by atoms with van der Waals surface area (Å²) in [7, 11) is 0. The summed E-state index contributed by atoms with van der Waals surface area (Å²) in [6, 6.07) is 8.88. The zero-order valence-electron chi connectivity index (χ0n) is 15.3. The van der Waals surface area contributed by atoms with Gasteiger partial charge in [-0.3, -0.25) is 4.79 Å². The molecule has 134 valence electrons. The highest BCUT2D eigenvalue weighted by molar-refractivity contribution is 5.76. The molecule has 1 aromatic carbocycles. The summed E-state index contributed by atoms with van der Waals surface area (Å²) in [4.78, 5) is 16.8. The van der Waals surface area contributed by atoms with Gasteiger partial charge in [-0.15, -0.1) is 0 Å². The second-order valence-corrected chi connectivity index (χ2v) is 7.96. The molecule has 1 amide bonds. The minimum atomic E-state index is 0.286. The standard InChI is InChI=1S/C22H30N2O/c25-21-9-2-1-5-15-24(21)16-6-14-23-17-12-22(13-18-23)11-10-19-7-3-4-8-20(19)22/h3-4,7-8,10-11H,1-2,5-6,9,12-18H2. The molecule has 0 bridgehead atoms. The molecule has 0 saturated carbocycles. The number of allylic oxidation sites excluding steroid dienone is 1. The van der Waals surface area contributed by atoms with Crippen molar-refractivity contribution in [3.05, 3.63) is 41.5 Å². The maximum atomic E-state index is 12.1. The highest BCUT2D eigenvalue weighted by Gasteiger charge is 2.37. The normalized spacial score (nSPS) is 23.0.